The largest absolute Gasteiger partial charge is 0.402 e. The maximum Gasteiger partial charge on any atom is 0.359 e. The molecule has 0 aliphatic rings. The van der Waals surface area contributed by atoms with E-state index < -0.39 is 5.97 Å². The zero-order valence-corrected chi connectivity index (χ0v) is 10.5. The zero-order valence-electron chi connectivity index (χ0n) is 8.92. The third kappa shape index (κ3) is 4.00. The summed E-state index contributed by atoms with van der Waals surface area (Å²) in [4.78, 5) is 30.1. The van der Waals surface area contributed by atoms with Crippen LogP contribution < -0.4 is 9.16 Å². The van der Waals surface area contributed by atoms with Gasteiger partial charge in [0.05, 0.1) is 5.38 Å². The lowest BCUT2D eigenvalue weighted by atomic mass is 10.7. The number of rotatable bonds is 4. The van der Waals surface area contributed by atoms with Gasteiger partial charge in [-0.25, -0.2) is 4.79 Å². The normalized spacial score (nSPS) is 10.3. The number of carbonyl (C=O) groups is 2. The van der Waals surface area contributed by atoms with Gasteiger partial charge in [-0.2, -0.15) is 9.40 Å². The van der Waals surface area contributed by atoms with Gasteiger partial charge in [-0.3, -0.25) is 4.79 Å². The number of anilines is 1. The summed E-state index contributed by atoms with van der Waals surface area (Å²) in [6, 6.07) is 0. The molecule has 0 unspecified atom stereocenters. The highest BCUT2D eigenvalue weighted by Gasteiger charge is 2.14. The highest BCUT2D eigenvalue weighted by molar-refractivity contribution is 7.14. The van der Waals surface area contributed by atoms with Crippen molar-refractivity contribution in [3.8, 4) is 5.88 Å². The molecule has 1 aromatic rings. The lowest BCUT2D eigenvalue weighted by Gasteiger charge is -2.04. The topological polar surface area (TPSA) is 81.1 Å². The van der Waals surface area contributed by atoms with Crippen LogP contribution in [0.3, 0.4) is 0 Å². The van der Waals surface area contributed by atoms with Crippen molar-refractivity contribution in [3.63, 3.8) is 0 Å². The smallest absolute Gasteiger partial charge is 0.359 e. The molecule has 1 aromatic heterocycles. The first-order chi connectivity index (χ1) is 8.04. The molecule has 0 saturated heterocycles. The molecule has 0 atom stereocenters. The molecule has 1 heterocycles. The molecule has 0 spiro atoms. The van der Waals surface area contributed by atoms with E-state index in [1.54, 1.807) is 0 Å². The number of esters is 1. The molecule has 7 nitrogen and oxygen atoms in total. The number of carbonyl (C=O) groups excluding carboxylic acids is 2. The number of thiazole rings is 1. The van der Waals surface area contributed by atoms with E-state index in [-0.39, 0.29) is 16.9 Å². The van der Waals surface area contributed by atoms with Gasteiger partial charge in [0.2, 0.25) is 16.9 Å². The summed E-state index contributed by atoms with van der Waals surface area (Å²) in [6.07, 6.45) is 0.850. The third-order valence-electron chi connectivity index (χ3n) is 1.38. The van der Waals surface area contributed by atoms with E-state index in [1.165, 1.54) is 19.4 Å². The lowest BCUT2D eigenvalue weighted by molar-refractivity contribution is -0.126. The van der Waals surface area contributed by atoms with E-state index in [0.29, 0.717) is 0 Å². The van der Waals surface area contributed by atoms with E-state index in [0.717, 1.165) is 22.0 Å². The second-order valence-electron chi connectivity index (χ2n) is 2.61. The molecule has 1 rings (SSSR count). The summed E-state index contributed by atoms with van der Waals surface area (Å²) >= 11 is 6.68. The number of amides is 1. The molecule has 0 aliphatic carbocycles. The average Bonchev–Trinajstić information content (AvgIpc) is 2.73. The third-order valence-corrected chi connectivity index (χ3v) is 2.69. The van der Waals surface area contributed by atoms with Gasteiger partial charge >= 0.3 is 5.97 Å². The zero-order chi connectivity index (χ0) is 12.8. The molecule has 92 valence electrons. The Labute approximate surface area is 106 Å². The summed E-state index contributed by atoms with van der Waals surface area (Å²) in [6.45, 7) is 1.28. The number of nitrogens with zero attached hydrogens (tertiary/aromatic N) is 3. The van der Waals surface area contributed by atoms with Crippen LogP contribution in [-0.2, 0) is 14.4 Å². The monoisotopic (exact) mass is 277 g/mol. The van der Waals surface area contributed by atoms with Crippen LogP contribution in [0.25, 0.3) is 0 Å². The highest BCUT2D eigenvalue weighted by atomic mass is 35.5. The Morgan fingerprint density at radius 1 is 1.65 bits per heavy atom. The Morgan fingerprint density at radius 2 is 2.35 bits per heavy atom. The molecule has 0 saturated carbocycles. The van der Waals surface area contributed by atoms with Gasteiger partial charge < -0.3 is 9.57 Å². The van der Waals surface area contributed by atoms with Crippen molar-refractivity contribution < 1.29 is 19.2 Å². The van der Waals surface area contributed by atoms with Crippen LogP contribution in [0.4, 0.5) is 5.13 Å². The molecular formula is C8H8ClN3O4S. The fourth-order valence-electron chi connectivity index (χ4n) is 0.747. The summed E-state index contributed by atoms with van der Waals surface area (Å²) < 4.78 is 5.59. The summed E-state index contributed by atoms with van der Waals surface area (Å²) in [5.41, 5.74) is 0. The van der Waals surface area contributed by atoms with Gasteiger partial charge in [0, 0.05) is 18.7 Å². The highest BCUT2D eigenvalue weighted by Crippen LogP contribution is 2.26. The molecule has 17 heavy (non-hydrogen) atoms. The summed E-state index contributed by atoms with van der Waals surface area (Å²) in [5, 5.41) is 4.87. The Morgan fingerprint density at radius 3 is 2.94 bits per heavy atom. The van der Waals surface area contributed by atoms with Crippen LogP contribution in [0.2, 0.25) is 0 Å². The van der Waals surface area contributed by atoms with Gasteiger partial charge in [-0.15, -0.1) is 0 Å². The summed E-state index contributed by atoms with van der Waals surface area (Å²) in [5.74, 6) is -1.10. The van der Waals surface area contributed by atoms with Gasteiger partial charge in [-0.1, -0.05) is 16.5 Å². The molecule has 0 bridgehead atoms. The van der Waals surface area contributed by atoms with Gasteiger partial charge in [0.1, 0.15) is 7.11 Å². The van der Waals surface area contributed by atoms with Gasteiger partial charge in [0.15, 0.2) is 6.21 Å². The van der Waals surface area contributed by atoms with Crippen LogP contribution >= 0.6 is 23.1 Å². The van der Waals surface area contributed by atoms with Crippen LogP contribution in [0.5, 0.6) is 5.88 Å². The second-order valence-corrected chi connectivity index (χ2v) is 3.78. The minimum absolute atomic E-state index is 0.0319. The van der Waals surface area contributed by atoms with Crippen molar-refractivity contribution in [2.75, 3.05) is 11.5 Å². The Hall–Kier alpha value is -1.67. The molecule has 9 heteroatoms. The van der Waals surface area contributed by atoms with Crippen LogP contribution in [-0.4, -0.2) is 30.2 Å². The molecule has 0 aromatic carbocycles. The van der Waals surface area contributed by atoms with Gasteiger partial charge in [-0.05, 0) is 0 Å². The predicted molar refractivity (Wildman–Crippen MR) is 62.3 cm³/mol. The number of hydrogen-bond acceptors (Lipinski definition) is 7. The fraction of sp³-hybridized carbons (Fsp3) is 0.250. The Kier molecular flexibility index (Phi) is 4.85. The van der Waals surface area contributed by atoms with E-state index in [1.807, 2.05) is 0 Å². The molecule has 0 aliphatic heterocycles. The molecule has 0 fully saturated rings. The van der Waals surface area contributed by atoms with Crippen molar-refractivity contribution in [2.45, 2.75) is 6.92 Å². The second kappa shape index (κ2) is 6.16. The standard InChI is InChI=1S/C8H8ClN3O4S/c1-5(13)12(9)8-11-6(4-17-8)16-7(14)3-10-15-2/h3-4H,1-2H3. The van der Waals surface area contributed by atoms with Crippen molar-refractivity contribution in [3.05, 3.63) is 5.38 Å². The fourth-order valence-corrected chi connectivity index (χ4v) is 1.58. The minimum atomic E-state index is -0.743. The molecular weight excluding hydrogens is 270 g/mol. The Bertz CT molecular complexity index is 448. The van der Waals surface area contributed by atoms with Crippen molar-refractivity contribution in [1.29, 1.82) is 0 Å². The van der Waals surface area contributed by atoms with Crippen LogP contribution in [0, 0.1) is 0 Å². The van der Waals surface area contributed by atoms with Crippen LogP contribution in [0.15, 0.2) is 10.5 Å². The maximum atomic E-state index is 11.1. The van der Waals surface area contributed by atoms with Crippen molar-refractivity contribution >= 4 is 46.3 Å². The molecule has 1 amide bonds. The van der Waals surface area contributed by atoms with E-state index >= 15 is 0 Å². The maximum absolute atomic E-state index is 11.1. The minimum Gasteiger partial charge on any atom is -0.402 e. The molecule has 0 radical (unpaired) electrons. The Balaban J connectivity index is 2.66. The predicted octanol–water partition coefficient (Wildman–Crippen LogP) is 1.19. The number of aromatic nitrogens is 1. The number of halogens is 1. The molecule has 0 N–H and O–H groups in total. The van der Waals surface area contributed by atoms with Crippen molar-refractivity contribution in [1.82, 2.24) is 4.98 Å². The number of ether oxygens (including phenoxy) is 1. The van der Waals surface area contributed by atoms with E-state index in [9.17, 15) is 9.59 Å². The average molecular weight is 278 g/mol. The number of hydrogen-bond donors (Lipinski definition) is 0. The first-order valence-corrected chi connectivity index (χ1v) is 5.46. The summed E-state index contributed by atoms with van der Waals surface area (Å²) in [7, 11) is 1.29. The lowest BCUT2D eigenvalue weighted by Crippen LogP contribution is -2.16. The van der Waals surface area contributed by atoms with E-state index in [4.69, 9.17) is 16.5 Å². The van der Waals surface area contributed by atoms with Crippen LogP contribution in [0.1, 0.15) is 6.92 Å². The van der Waals surface area contributed by atoms with E-state index in [2.05, 4.69) is 15.0 Å². The first-order valence-electron chi connectivity index (χ1n) is 4.25. The SMILES string of the molecule is CON=CC(=O)Oc1csc(N(Cl)C(C)=O)n1. The first kappa shape index (κ1) is 13.4. The number of oxime groups is 1. The van der Waals surface area contributed by atoms with Gasteiger partial charge in [0.25, 0.3) is 0 Å². The van der Waals surface area contributed by atoms with Crippen molar-refractivity contribution in [2.24, 2.45) is 5.16 Å². The quantitative estimate of drug-likeness (QED) is 0.357.